The second kappa shape index (κ2) is 4.57. The lowest BCUT2D eigenvalue weighted by Crippen LogP contribution is -2.04. The quantitative estimate of drug-likeness (QED) is 0.660. The van der Waals surface area contributed by atoms with Crippen LogP contribution in [0.4, 0.5) is 0 Å². The van der Waals surface area contributed by atoms with Crippen LogP contribution in [0.2, 0.25) is 0 Å². The summed E-state index contributed by atoms with van der Waals surface area (Å²) in [5.74, 6) is 1.44. The van der Waals surface area contributed by atoms with E-state index in [2.05, 4.69) is 24.3 Å². The van der Waals surface area contributed by atoms with Crippen LogP contribution in [0.15, 0.2) is 34.7 Å². The van der Waals surface area contributed by atoms with Crippen LogP contribution in [0.5, 0.6) is 0 Å². The molecule has 3 rings (SSSR count). The number of ether oxygens (including phenoxy) is 1. The number of furan rings is 1. The summed E-state index contributed by atoms with van der Waals surface area (Å²) in [6.45, 7) is 3.24. The molecule has 0 amide bonds. The van der Waals surface area contributed by atoms with E-state index in [4.69, 9.17) is 9.15 Å². The fourth-order valence-electron chi connectivity index (χ4n) is 2.58. The molecule has 1 aliphatic rings. The van der Waals surface area contributed by atoms with E-state index in [1.165, 1.54) is 23.6 Å². The van der Waals surface area contributed by atoms with Gasteiger partial charge in [0.15, 0.2) is 6.10 Å². The Balaban J connectivity index is 1.88. The standard InChI is InChI=1S/C16H16O3/c1-10(18-11(2)17)15-9-14-7-12-5-3-4-6-13(12)8-16(14)19-15/h3-6,9-10H,7-8H2,1-2H3. The van der Waals surface area contributed by atoms with Gasteiger partial charge in [-0.3, -0.25) is 4.79 Å². The summed E-state index contributed by atoms with van der Waals surface area (Å²) in [5, 5.41) is 0. The topological polar surface area (TPSA) is 39.4 Å². The second-order valence-electron chi connectivity index (χ2n) is 4.97. The Morgan fingerprint density at radius 1 is 1.21 bits per heavy atom. The van der Waals surface area contributed by atoms with Crippen LogP contribution in [0.25, 0.3) is 0 Å². The van der Waals surface area contributed by atoms with E-state index >= 15 is 0 Å². The zero-order valence-electron chi connectivity index (χ0n) is 11.1. The van der Waals surface area contributed by atoms with Crippen LogP contribution < -0.4 is 0 Å². The van der Waals surface area contributed by atoms with Gasteiger partial charge in [0, 0.05) is 19.8 Å². The van der Waals surface area contributed by atoms with E-state index < -0.39 is 0 Å². The Bertz CT molecular complexity index is 582. The van der Waals surface area contributed by atoms with Gasteiger partial charge in [0.2, 0.25) is 0 Å². The van der Waals surface area contributed by atoms with E-state index in [9.17, 15) is 4.79 Å². The molecule has 0 saturated heterocycles. The van der Waals surface area contributed by atoms with Gasteiger partial charge in [-0.1, -0.05) is 24.3 Å². The minimum absolute atomic E-state index is 0.287. The third-order valence-corrected chi connectivity index (χ3v) is 3.51. The van der Waals surface area contributed by atoms with Crippen molar-refractivity contribution in [2.45, 2.75) is 32.8 Å². The van der Waals surface area contributed by atoms with Gasteiger partial charge in [0.1, 0.15) is 11.5 Å². The number of carbonyl (C=O) groups is 1. The highest BCUT2D eigenvalue weighted by atomic mass is 16.5. The maximum Gasteiger partial charge on any atom is 0.303 e. The Morgan fingerprint density at radius 3 is 2.58 bits per heavy atom. The molecule has 1 unspecified atom stereocenters. The smallest absolute Gasteiger partial charge is 0.303 e. The van der Waals surface area contributed by atoms with E-state index in [0.717, 1.165) is 24.4 Å². The summed E-state index contributed by atoms with van der Waals surface area (Å²) in [5.41, 5.74) is 3.87. The lowest BCUT2D eigenvalue weighted by molar-refractivity contribution is -0.146. The molecule has 2 aromatic rings. The number of fused-ring (bicyclic) bond motifs is 2. The Morgan fingerprint density at radius 2 is 1.89 bits per heavy atom. The Hall–Kier alpha value is -2.03. The molecule has 0 saturated carbocycles. The largest absolute Gasteiger partial charge is 0.461 e. The normalized spacial score (nSPS) is 14.4. The van der Waals surface area contributed by atoms with Crippen LogP contribution in [0.3, 0.4) is 0 Å². The minimum Gasteiger partial charge on any atom is -0.461 e. The third-order valence-electron chi connectivity index (χ3n) is 3.51. The highest BCUT2D eigenvalue weighted by Crippen LogP contribution is 2.32. The molecule has 1 heterocycles. The average molecular weight is 256 g/mol. The van der Waals surface area contributed by atoms with Gasteiger partial charge in [0.05, 0.1) is 0 Å². The van der Waals surface area contributed by atoms with Crippen molar-refractivity contribution in [2.75, 3.05) is 0 Å². The van der Waals surface area contributed by atoms with Gasteiger partial charge in [-0.15, -0.1) is 0 Å². The number of carbonyl (C=O) groups excluding carboxylic acids is 1. The van der Waals surface area contributed by atoms with Crippen LogP contribution in [-0.2, 0) is 22.4 Å². The summed E-state index contributed by atoms with van der Waals surface area (Å²) in [6.07, 6.45) is 1.38. The molecule has 0 N–H and O–H groups in total. The number of hydrogen-bond acceptors (Lipinski definition) is 3. The van der Waals surface area contributed by atoms with Gasteiger partial charge < -0.3 is 9.15 Å². The number of benzene rings is 1. The highest BCUT2D eigenvalue weighted by molar-refractivity contribution is 5.66. The molecule has 0 fully saturated rings. The SMILES string of the molecule is CC(=O)OC(C)c1cc2c(o1)Cc1ccccc1C2. The average Bonchev–Trinajstić information content (AvgIpc) is 2.78. The van der Waals surface area contributed by atoms with E-state index in [-0.39, 0.29) is 12.1 Å². The van der Waals surface area contributed by atoms with Gasteiger partial charge in [-0.25, -0.2) is 0 Å². The molecular weight excluding hydrogens is 240 g/mol. The van der Waals surface area contributed by atoms with Crippen molar-refractivity contribution in [3.63, 3.8) is 0 Å². The first kappa shape index (κ1) is 12.0. The van der Waals surface area contributed by atoms with Crippen molar-refractivity contribution >= 4 is 5.97 Å². The first-order chi connectivity index (χ1) is 9.13. The first-order valence-corrected chi connectivity index (χ1v) is 6.49. The minimum atomic E-state index is -0.328. The zero-order valence-corrected chi connectivity index (χ0v) is 11.1. The molecule has 1 aliphatic carbocycles. The number of rotatable bonds is 2. The second-order valence-corrected chi connectivity index (χ2v) is 4.97. The van der Waals surface area contributed by atoms with E-state index in [1.54, 1.807) is 0 Å². The molecule has 3 heteroatoms. The molecule has 0 bridgehead atoms. The van der Waals surface area contributed by atoms with Crippen molar-refractivity contribution < 1.29 is 13.9 Å². The van der Waals surface area contributed by atoms with Crippen molar-refractivity contribution in [2.24, 2.45) is 0 Å². The van der Waals surface area contributed by atoms with Crippen LogP contribution >= 0.6 is 0 Å². The van der Waals surface area contributed by atoms with Crippen molar-refractivity contribution in [3.8, 4) is 0 Å². The Labute approximate surface area is 112 Å². The molecule has 98 valence electrons. The molecule has 1 aromatic heterocycles. The molecule has 0 radical (unpaired) electrons. The van der Waals surface area contributed by atoms with Crippen molar-refractivity contribution in [3.05, 3.63) is 58.5 Å². The van der Waals surface area contributed by atoms with E-state index in [0.29, 0.717) is 0 Å². The monoisotopic (exact) mass is 256 g/mol. The third kappa shape index (κ3) is 2.28. The summed E-state index contributed by atoms with van der Waals surface area (Å²) in [4.78, 5) is 11.0. The molecule has 0 aliphatic heterocycles. The lowest BCUT2D eigenvalue weighted by Gasteiger charge is -2.14. The molecular formula is C16H16O3. The molecule has 1 atom stereocenters. The summed E-state index contributed by atoms with van der Waals surface area (Å²) >= 11 is 0. The molecule has 19 heavy (non-hydrogen) atoms. The van der Waals surface area contributed by atoms with Gasteiger partial charge in [-0.2, -0.15) is 0 Å². The Kier molecular flexibility index (Phi) is 2.90. The summed E-state index contributed by atoms with van der Waals surface area (Å²) in [7, 11) is 0. The van der Waals surface area contributed by atoms with Crippen LogP contribution in [-0.4, -0.2) is 5.97 Å². The van der Waals surface area contributed by atoms with Gasteiger partial charge >= 0.3 is 5.97 Å². The van der Waals surface area contributed by atoms with Crippen LogP contribution in [0, 0.1) is 0 Å². The summed E-state index contributed by atoms with van der Waals surface area (Å²) < 4.78 is 11.0. The molecule has 1 aromatic carbocycles. The maximum atomic E-state index is 11.0. The lowest BCUT2D eigenvalue weighted by atomic mass is 9.91. The molecule has 3 nitrogen and oxygen atoms in total. The maximum absolute atomic E-state index is 11.0. The van der Waals surface area contributed by atoms with E-state index in [1.807, 2.05) is 13.0 Å². The number of hydrogen-bond donors (Lipinski definition) is 0. The fraction of sp³-hybridized carbons (Fsp3) is 0.312. The van der Waals surface area contributed by atoms with Crippen LogP contribution in [0.1, 0.15) is 48.2 Å². The van der Waals surface area contributed by atoms with Crippen molar-refractivity contribution in [1.82, 2.24) is 0 Å². The van der Waals surface area contributed by atoms with Gasteiger partial charge in [-0.05, 0) is 29.7 Å². The first-order valence-electron chi connectivity index (χ1n) is 6.49. The molecule has 0 spiro atoms. The number of esters is 1. The predicted molar refractivity (Wildman–Crippen MR) is 70.9 cm³/mol. The zero-order chi connectivity index (χ0) is 13.4. The fourth-order valence-corrected chi connectivity index (χ4v) is 2.58. The van der Waals surface area contributed by atoms with Gasteiger partial charge in [0.25, 0.3) is 0 Å². The predicted octanol–water partition coefficient (Wildman–Crippen LogP) is 3.40. The highest BCUT2D eigenvalue weighted by Gasteiger charge is 2.22. The summed E-state index contributed by atoms with van der Waals surface area (Å²) in [6, 6.07) is 10.4. The van der Waals surface area contributed by atoms with Crippen molar-refractivity contribution in [1.29, 1.82) is 0 Å².